The third kappa shape index (κ3) is 3.67. The molecule has 9 heteroatoms. The molecule has 1 saturated heterocycles. The van der Waals surface area contributed by atoms with E-state index in [1.54, 1.807) is 9.58 Å². The van der Waals surface area contributed by atoms with Crippen LogP contribution in [0.25, 0.3) is 10.9 Å². The number of amides is 2. The molecule has 2 aromatic heterocycles. The van der Waals surface area contributed by atoms with Gasteiger partial charge in [-0.1, -0.05) is 41.1 Å². The number of hydrogen-bond acceptors (Lipinski definition) is 5. The number of benzene rings is 1. The lowest BCUT2D eigenvalue weighted by Crippen LogP contribution is -2.46. The highest BCUT2D eigenvalue weighted by Gasteiger charge is 2.64. The zero-order valence-corrected chi connectivity index (χ0v) is 21.3. The van der Waals surface area contributed by atoms with Gasteiger partial charge in [0.1, 0.15) is 24.1 Å². The van der Waals surface area contributed by atoms with Crippen molar-refractivity contribution >= 4 is 50.2 Å². The maximum absolute atomic E-state index is 13.6. The van der Waals surface area contributed by atoms with E-state index in [0.717, 1.165) is 46.8 Å². The first kappa shape index (κ1) is 22.4. The number of hydrogen-bond donors (Lipinski definition) is 1. The van der Waals surface area contributed by atoms with E-state index in [9.17, 15) is 14.4 Å². The number of aryl methyl sites for hydroxylation is 1. The van der Waals surface area contributed by atoms with E-state index in [4.69, 9.17) is 0 Å². The van der Waals surface area contributed by atoms with E-state index < -0.39 is 6.04 Å². The highest BCUT2D eigenvalue weighted by atomic mass is 79.9. The Morgan fingerprint density at radius 1 is 1.20 bits per heavy atom. The average Bonchev–Trinajstić information content (AvgIpc) is 3.18. The Hall–Kier alpha value is -3.07. The summed E-state index contributed by atoms with van der Waals surface area (Å²) >= 11 is 3.61. The summed E-state index contributed by atoms with van der Waals surface area (Å²) in [6.45, 7) is 3.59. The van der Waals surface area contributed by atoms with E-state index in [1.165, 1.54) is 12.5 Å². The number of aromatic nitrogens is 3. The van der Waals surface area contributed by atoms with Crippen LogP contribution in [0.5, 0.6) is 0 Å². The molecule has 180 valence electrons. The molecule has 1 unspecified atom stereocenters. The van der Waals surface area contributed by atoms with E-state index in [2.05, 4.69) is 38.3 Å². The molecular formula is C26H26BrN5O3. The molecule has 2 fully saturated rings. The topological polar surface area (TPSA) is 97.2 Å². The summed E-state index contributed by atoms with van der Waals surface area (Å²) in [6.07, 6.45) is 4.49. The number of nitrogens with zero attached hydrogens (tertiary/aromatic N) is 4. The summed E-state index contributed by atoms with van der Waals surface area (Å²) in [5.74, 6) is 0.000107. The minimum absolute atomic E-state index is 0.0210. The highest BCUT2D eigenvalue weighted by Crippen LogP contribution is 2.59. The molecule has 1 saturated carbocycles. The number of piperidine rings is 1. The predicted molar refractivity (Wildman–Crippen MR) is 134 cm³/mol. The van der Waals surface area contributed by atoms with Crippen LogP contribution in [-0.4, -0.2) is 49.3 Å². The van der Waals surface area contributed by atoms with E-state index in [-0.39, 0.29) is 35.6 Å². The van der Waals surface area contributed by atoms with Crippen molar-refractivity contribution < 1.29 is 14.4 Å². The number of ketones is 1. The fraction of sp³-hybridized carbons (Fsp3) is 0.423. The van der Waals surface area contributed by atoms with Crippen molar-refractivity contribution in [3.8, 4) is 0 Å². The van der Waals surface area contributed by atoms with E-state index >= 15 is 0 Å². The number of Topliss-reactive ketones (excluding diaryl/α,β-unsaturated/α-hetero) is 1. The van der Waals surface area contributed by atoms with Gasteiger partial charge < -0.3 is 10.2 Å². The fourth-order valence-corrected chi connectivity index (χ4v) is 6.49. The van der Waals surface area contributed by atoms with Crippen molar-refractivity contribution in [2.75, 3.05) is 5.32 Å². The number of halogens is 1. The molecule has 8 nitrogen and oxygen atoms in total. The molecule has 1 aliphatic heterocycles. The molecule has 2 amide bonds. The normalized spacial score (nSPS) is 24.4. The number of carbonyl (C=O) groups is 3. The summed E-state index contributed by atoms with van der Waals surface area (Å²) in [5.41, 5.74) is 3.28. The van der Waals surface area contributed by atoms with Crippen molar-refractivity contribution in [1.29, 1.82) is 0 Å². The van der Waals surface area contributed by atoms with E-state index in [0.29, 0.717) is 17.9 Å². The highest BCUT2D eigenvalue weighted by molar-refractivity contribution is 9.10. The first-order chi connectivity index (χ1) is 16.7. The van der Waals surface area contributed by atoms with Crippen LogP contribution in [0.3, 0.4) is 0 Å². The zero-order chi connectivity index (χ0) is 24.5. The summed E-state index contributed by atoms with van der Waals surface area (Å²) in [6, 6.07) is 8.74. The van der Waals surface area contributed by atoms with Gasteiger partial charge in [-0.25, -0.2) is 4.98 Å². The number of pyridine rings is 1. The van der Waals surface area contributed by atoms with Gasteiger partial charge in [0.15, 0.2) is 5.78 Å². The Bertz CT molecular complexity index is 1420. The maximum Gasteiger partial charge on any atom is 0.248 e. The molecule has 6 rings (SSSR count). The van der Waals surface area contributed by atoms with Crippen LogP contribution in [-0.2, 0) is 29.0 Å². The van der Waals surface area contributed by atoms with Crippen molar-refractivity contribution in [2.24, 2.45) is 5.41 Å². The van der Waals surface area contributed by atoms with Crippen LogP contribution in [0.1, 0.15) is 54.9 Å². The van der Waals surface area contributed by atoms with Crippen molar-refractivity contribution in [2.45, 2.75) is 64.6 Å². The van der Waals surface area contributed by atoms with Gasteiger partial charge in [-0.3, -0.25) is 19.1 Å². The lowest BCUT2D eigenvalue weighted by Gasteiger charge is -2.27. The van der Waals surface area contributed by atoms with Gasteiger partial charge in [0, 0.05) is 28.5 Å². The van der Waals surface area contributed by atoms with Crippen LogP contribution in [0.15, 0.2) is 34.8 Å². The zero-order valence-electron chi connectivity index (χ0n) is 19.7. The Morgan fingerprint density at radius 3 is 2.80 bits per heavy atom. The molecule has 1 aromatic carbocycles. The number of fused-ring (bicyclic) bond motifs is 3. The predicted octanol–water partition coefficient (Wildman–Crippen LogP) is 3.90. The maximum atomic E-state index is 13.6. The smallest absolute Gasteiger partial charge is 0.248 e. The second-order valence-electron chi connectivity index (χ2n) is 10.2. The van der Waals surface area contributed by atoms with Gasteiger partial charge in [-0.2, -0.15) is 5.10 Å². The second kappa shape index (κ2) is 7.98. The quantitative estimate of drug-likeness (QED) is 0.499. The molecule has 1 N–H and O–H groups in total. The largest absolute Gasteiger partial charge is 0.325 e. The van der Waals surface area contributed by atoms with Gasteiger partial charge in [0.2, 0.25) is 11.8 Å². The van der Waals surface area contributed by atoms with Gasteiger partial charge in [0.05, 0.1) is 5.52 Å². The molecule has 0 radical (unpaired) electrons. The van der Waals surface area contributed by atoms with Gasteiger partial charge in [0.25, 0.3) is 0 Å². The molecule has 2 aliphatic carbocycles. The third-order valence-electron chi connectivity index (χ3n) is 7.75. The molecule has 0 spiro atoms. The molecule has 0 bridgehead atoms. The van der Waals surface area contributed by atoms with Crippen molar-refractivity contribution in [3.63, 3.8) is 0 Å². The fourth-order valence-electron chi connectivity index (χ4n) is 5.84. The monoisotopic (exact) mass is 535 g/mol. The molecule has 35 heavy (non-hydrogen) atoms. The Morgan fingerprint density at radius 2 is 2.00 bits per heavy atom. The molecular weight excluding hydrogens is 510 g/mol. The number of nitrogens with one attached hydrogen (secondary N) is 1. The van der Waals surface area contributed by atoms with Gasteiger partial charge in [-0.05, 0) is 55.2 Å². The lowest BCUT2D eigenvalue weighted by atomic mass is 10.0. The number of para-hydroxylation sites is 1. The van der Waals surface area contributed by atoms with Crippen LogP contribution in [0.4, 0.5) is 5.82 Å². The second-order valence-corrected chi connectivity index (χ2v) is 11.1. The van der Waals surface area contributed by atoms with Crippen LogP contribution in [0, 0.1) is 5.41 Å². The minimum atomic E-state index is -0.561. The van der Waals surface area contributed by atoms with Crippen LogP contribution >= 0.6 is 15.9 Å². The summed E-state index contributed by atoms with van der Waals surface area (Å²) in [5, 5.41) is 8.14. The van der Waals surface area contributed by atoms with Crippen molar-refractivity contribution in [3.05, 3.63) is 51.8 Å². The third-order valence-corrected chi connectivity index (χ3v) is 8.46. The molecule has 3 heterocycles. The number of likely N-dealkylation sites (tertiary alicyclic amines) is 1. The van der Waals surface area contributed by atoms with Gasteiger partial charge in [-0.15, -0.1) is 0 Å². The SMILES string of the molecule is CC(=O)c1nn(CC(=O)N2C(C(=O)Nc3cc(Br)c4c(n3)CCC4)C[C@@]3(C)C[C@@H]23)c2ccccc12. The average molecular weight is 536 g/mol. The number of rotatable bonds is 5. The molecule has 3 atom stereocenters. The summed E-state index contributed by atoms with van der Waals surface area (Å²) in [4.78, 5) is 45.4. The lowest BCUT2D eigenvalue weighted by molar-refractivity contribution is -0.138. The first-order valence-electron chi connectivity index (χ1n) is 12.0. The van der Waals surface area contributed by atoms with Crippen molar-refractivity contribution in [1.82, 2.24) is 19.7 Å². The van der Waals surface area contributed by atoms with Crippen LogP contribution < -0.4 is 5.32 Å². The van der Waals surface area contributed by atoms with Crippen LogP contribution in [0.2, 0.25) is 0 Å². The number of carbonyl (C=O) groups excluding carboxylic acids is 3. The van der Waals surface area contributed by atoms with Gasteiger partial charge >= 0.3 is 0 Å². The Balaban J connectivity index is 1.25. The number of anilines is 1. The summed E-state index contributed by atoms with van der Waals surface area (Å²) < 4.78 is 2.55. The summed E-state index contributed by atoms with van der Waals surface area (Å²) in [7, 11) is 0. The standard InChI is InChI=1S/C26H26BrN5O3/c1-14(33)24-16-6-3-4-9-19(16)31(30-24)13-23(34)32-20(11-26(2)12-21(26)32)25(35)29-22-10-17(27)15-7-5-8-18(15)28-22/h3-4,6,9-10,20-21H,5,7-8,11-13H2,1-2H3,(H,28,29,35)/t20?,21-,26+/m1/s1. The minimum Gasteiger partial charge on any atom is -0.325 e. The molecule has 3 aromatic rings. The first-order valence-corrected chi connectivity index (χ1v) is 12.8. The Kier molecular flexibility index (Phi) is 5.11. The van der Waals surface area contributed by atoms with E-state index in [1.807, 2.05) is 30.3 Å². The molecule has 3 aliphatic rings. The Labute approximate surface area is 211 Å².